The van der Waals surface area contributed by atoms with Gasteiger partial charge in [-0.3, -0.25) is 19.2 Å². The summed E-state index contributed by atoms with van der Waals surface area (Å²) in [6.45, 7) is 16.8. The van der Waals surface area contributed by atoms with E-state index in [1.807, 2.05) is 133 Å². The molecule has 0 saturated carbocycles. The van der Waals surface area contributed by atoms with Crippen molar-refractivity contribution in [3.63, 3.8) is 0 Å². The van der Waals surface area contributed by atoms with E-state index in [9.17, 15) is 49.1 Å². The molecule has 0 saturated heterocycles. The molecule has 0 unspecified atom stereocenters. The van der Waals surface area contributed by atoms with E-state index in [1.165, 1.54) is 12.1 Å². The van der Waals surface area contributed by atoms with Crippen LogP contribution in [0.2, 0.25) is 5.02 Å². The van der Waals surface area contributed by atoms with Gasteiger partial charge in [0, 0.05) is 31.7 Å². The summed E-state index contributed by atoms with van der Waals surface area (Å²) >= 11 is 9.30. The number of phenolic OH excluding ortho intramolecular Hbond substituents is 1. The maximum Gasteiger partial charge on any atom is 0.229 e. The van der Waals surface area contributed by atoms with Crippen molar-refractivity contribution in [1.29, 1.82) is 0 Å². The number of halogens is 3. The highest BCUT2D eigenvalue weighted by Crippen LogP contribution is 2.29. The monoisotopic (exact) mass is 1650 g/mol. The van der Waals surface area contributed by atoms with Crippen molar-refractivity contribution in [1.82, 2.24) is 39.9 Å². The number of aromatic hydroxyl groups is 1. The zero-order valence-corrected chi connectivity index (χ0v) is 68.5. The van der Waals surface area contributed by atoms with E-state index in [0.29, 0.717) is 83.3 Å². The van der Waals surface area contributed by atoms with Gasteiger partial charge in [0.2, 0.25) is 23.6 Å². The number of amides is 4. The second kappa shape index (κ2) is 44.3. The Bertz CT molecular complexity index is 4540. The van der Waals surface area contributed by atoms with E-state index in [-0.39, 0.29) is 87.3 Å². The lowest BCUT2D eigenvalue weighted by Gasteiger charge is -2.13. The molecule has 0 radical (unpaired) electrons. The topological polar surface area (TPSA) is 321 Å². The Morgan fingerprint density at radius 1 is 0.336 bits per heavy atom. The molecule has 0 atom stereocenters. The minimum Gasteiger partial charge on any atom is -0.508 e. The molecule has 0 aliphatic carbocycles. The van der Waals surface area contributed by atoms with Crippen LogP contribution in [0.3, 0.4) is 0 Å². The van der Waals surface area contributed by atoms with Gasteiger partial charge < -0.3 is 46.8 Å². The number of phenols is 1. The lowest BCUT2D eigenvalue weighted by atomic mass is 10.1. The molecule has 600 valence electrons. The van der Waals surface area contributed by atoms with Crippen molar-refractivity contribution in [2.45, 2.75) is 133 Å². The summed E-state index contributed by atoms with van der Waals surface area (Å²) in [5.74, 6) is 2.51. The Balaban J connectivity index is 0.000000177. The van der Waals surface area contributed by atoms with E-state index in [1.54, 1.807) is 73.3 Å². The van der Waals surface area contributed by atoms with Gasteiger partial charge in [0.05, 0.1) is 122 Å². The van der Waals surface area contributed by atoms with Crippen molar-refractivity contribution in [3.05, 3.63) is 302 Å². The summed E-state index contributed by atoms with van der Waals surface area (Å²) in [6.07, 6.45) is 10.2. The van der Waals surface area contributed by atoms with Crippen LogP contribution in [0.15, 0.2) is 223 Å². The Morgan fingerprint density at radius 2 is 0.552 bits per heavy atom. The molecule has 0 fully saturated rings. The molecule has 4 aromatic heterocycles. The fraction of sp³-hybridized carbons (Fsp3) is 0.261. The molecule has 9 N–H and O–H groups in total. The van der Waals surface area contributed by atoms with E-state index in [0.717, 1.165) is 111 Å². The Labute approximate surface area is 689 Å². The lowest BCUT2D eigenvalue weighted by Crippen LogP contribution is -2.18. The zero-order chi connectivity index (χ0) is 83.2. The van der Waals surface area contributed by atoms with Crippen LogP contribution in [-0.4, -0.2) is 89.0 Å². The van der Waals surface area contributed by atoms with E-state index in [2.05, 4.69) is 113 Å². The second-order valence-electron chi connectivity index (χ2n) is 29.5. The smallest absolute Gasteiger partial charge is 0.229 e. The number of rotatable bonds is 28. The third-order valence-corrected chi connectivity index (χ3v) is 18.5. The summed E-state index contributed by atoms with van der Waals surface area (Å²) < 4.78 is 14.0. The minimum absolute atomic E-state index is 0.00312. The van der Waals surface area contributed by atoms with Gasteiger partial charge in [-0.15, -0.1) is 0 Å². The van der Waals surface area contributed by atoms with Crippen LogP contribution < -0.4 is 21.3 Å². The number of anilines is 4. The first-order chi connectivity index (χ1) is 55.8. The highest BCUT2D eigenvalue weighted by Gasteiger charge is 2.20. The molecule has 12 aromatic rings. The van der Waals surface area contributed by atoms with Gasteiger partial charge in [-0.25, -0.2) is 44.3 Å². The largest absolute Gasteiger partial charge is 0.508 e. The zero-order valence-electron chi connectivity index (χ0n) is 66.2. The second-order valence-corrected chi connectivity index (χ2v) is 30.8. The fourth-order valence-corrected chi connectivity index (χ4v) is 12.2. The number of aliphatic hydroxyl groups is 4. The molecule has 8 aromatic carbocycles. The van der Waals surface area contributed by atoms with Crippen molar-refractivity contribution < 1.29 is 49.1 Å². The Kier molecular flexibility index (Phi) is 33.7. The van der Waals surface area contributed by atoms with Crippen molar-refractivity contribution in [3.8, 4) is 50.8 Å². The molecule has 12 rings (SSSR count). The summed E-state index contributed by atoms with van der Waals surface area (Å²) in [7, 11) is 0. The SMILES string of the molecule is CC(C)Cc1nc(-c2ccc(CO)cc2)cnc1NC(=O)Cc1ccc(Br)cc1.CC(C)Cc1nc(-c2ccc(CO)cc2)cnc1NC(=O)Cc1ccc(Cl)cc1.CC(C)Cc1nc(-c2ccc(CO)cc2)cnc1NC(=O)Cc1ccc(F)cc1.CC(C)Cc1nc(-c2ccc(CO)cc2)cnc1NC(=O)Cc1ccc(O)cc1. The third-order valence-electron chi connectivity index (χ3n) is 17.7. The molecule has 0 aliphatic rings. The molecule has 116 heavy (non-hydrogen) atoms. The van der Waals surface area contributed by atoms with Crippen LogP contribution in [0.1, 0.15) is 123 Å². The molecule has 0 spiro atoms. The Morgan fingerprint density at radius 3 is 0.784 bits per heavy atom. The molecular weight excluding hydrogens is 1550 g/mol. The van der Waals surface area contributed by atoms with Gasteiger partial charge in [0.1, 0.15) is 11.6 Å². The van der Waals surface area contributed by atoms with Gasteiger partial charge in [-0.2, -0.15) is 0 Å². The summed E-state index contributed by atoms with van der Waals surface area (Å²) in [4.78, 5) is 86.8. The first kappa shape index (κ1) is 88.3. The average molecular weight is 1650 g/mol. The number of benzene rings is 8. The van der Waals surface area contributed by atoms with Crippen molar-refractivity contribution >= 4 is 74.4 Å². The average Bonchev–Trinajstić information content (AvgIpc) is 0.861. The quantitative estimate of drug-likeness (QED) is 0.0220. The number of hydrogen-bond donors (Lipinski definition) is 9. The first-order valence-electron chi connectivity index (χ1n) is 38.2. The van der Waals surface area contributed by atoms with E-state index >= 15 is 0 Å². The van der Waals surface area contributed by atoms with Gasteiger partial charge in [0.25, 0.3) is 0 Å². The molecule has 21 nitrogen and oxygen atoms in total. The highest BCUT2D eigenvalue weighted by molar-refractivity contribution is 9.10. The summed E-state index contributed by atoms with van der Waals surface area (Å²) in [6, 6.07) is 57.4. The van der Waals surface area contributed by atoms with Gasteiger partial charge in [-0.1, -0.05) is 229 Å². The number of aliphatic hydroxyl groups excluding tert-OH is 4. The van der Waals surface area contributed by atoms with E-state index in [4.69, 9.17) is 31.5 Å². The normalized spacial score (nSPS) is 10.9. The number of nitrogens with one attached hydrogen (secondary N) is 4. The number of carbonyl (C=O) groups excluding carboxylic acids is 4. The van der Waals surface area contributed by atoms with Gasteiger partial charge in [0.15, 0.2) is 23.3 Å². The fourth-order valence-electron chi connectivity index (χ4n) is 11.8. The van der Waals surface area contributed by atoms with Crippen LogP contribution in [0.25, 0.3) is 45.0 Å². The highest BCUT2D eigenvalue weighted by atomic mass is 79.9. The summed E-state index contributed by atoms with van der Waals surface area (Å²) in [5.41, 5.74) is 16.2. The molecule has 4 heterocycles. The van der Waals surface area contributed by atoms with Gasteiger partial charge >= 0.3 is 0 Å². The maximum absolute atomic E-state index is 13.0. The van der Waals surface area contributed by atoms with Crippen LogP contribution >= 0.6 is 27.5 Å². The van der Waals surface area contributed by atoms with Crippen molar-refractivity contribution in [2.24, 2.45) is 23.7 Å². The minimum atomic E-state index is -0.332. The van der Waals surface area contributed by atoms with Crippen LogP contribution in [0.4, 0.5) is 27.7 Å². The lowest BCUT2D eigenvalue weighted by molar-refractivity contribution is -0.116. The van der Waals surface area contributed by atoms with Gasteiger partial charge in [-0.05, 0) is 142 Å². The predicted octanol–water partition coefficient (Wildman–Crippen LogP) is 17.3. The molecule has 0 bridgehead atoms. The maximum atomic E-state index is 13.0. The number of nitrogens with zero attached hydrogens (tertiary/aromatic N) is 8. The third kappa shape index (κ3) is 28.4. The standard InChI is InChI=1S/C23H24BrN3O2.C23H24ClN3O2.C23H24FN3O2.C23H25N3O3/c3*1-15(2)11-20-23(27-22(29)12-16-5-9-19(24)10-6-16)25-13-21(26-20)18-7-3-17(14-28)4-8-18;1-15(2)11-20-23(26-22(29)12-16-5-9-19(28)10-6-16)24-13-21(25-20)18-7-3-17(14-27)4-8-18/h3*3-10,13,15,28H,11-12,14H2,1-2H3,(H,25,27,29);3-10,13,15,27-28H,11-12,14H2,1-2H3,(H,24,26,29). The summed E-state index contributed by atoms with van der Waals surface area (Å²) in [5, 5.41) is 58.3. The van der Waals surface area contributed by atoms with Crippen LogP contribution in [0.5, 0.6) is 5.75 Å². The van der Waals surface area contributed by atoms with Crippen LogP contribution in [-0.2, 0) is 97.0 Å². The number of hydrogen-bond acceptors (Lipinski definition) is 17. The molecule has 24 heteroatoms. The number of aromatic nitrogens is 8. The Hall–Kier alpha value is -11.7. The van der Waals surface area contributed by atoms with Crippen LogP contribution in [0, 0.1) is 29.5 Å². The molecular formula is C92H97BrClFN12O9. The predicted molar refractivity (Wildman–Crippen MR) is 457 cm³/mol. The van der Waals surface area contributed by atoms with Crippen molar-refractivity contribution in [2.75, 3.05) is 21.3 Å². The first-order valence-corrected chi connectivity index (χ1v) is 39.4. The number of carbonyl (C=O) groups is 4. The molecule has 0 aliphatic heterocycles. The molecule has 4 amide bonds. The van der Waals surface area contributed by atoms with E-state index < -0.39 is 0 Å².